The number of carboxylic acid groups (broad SMARTS) is 1. The molecular weight excluding hydrogens is 248 g/mol. The third-order valence-electron chi connectivity index (χ3n) is 2.28. The highest BCUT2D eigenvalue weighted by molar-refractivity contribution is 7.89. The minimum Gasteiger partial charge on any atom is -0.481 e. The van der Waals surface area contributed by atoms with Gasteiger partial charge in [-0.25, -0.2) is 8.42 Å². The van der Waals surface area contributed by atoms with Crippen molar-refractivity contribution in [3.05, 3.63) is 11.4 Å². The molecule has 1 aromatic heterocycles. The molecule has 8 nitrogen and oxygen atoms in total. The number of hydrogen-bond donors (Lipinski definition) is 3. The second kappa shape index (κ2) is 4.82. The van der Waals surface area contributed by atoms with E-state index in [1.54, 1.807) is 11.8 Å². The molecule has 1 heterocycles. The van der Waals surface area contributed by atoms with E-state index in [9.17, 15) is 13.2 Å². The summed E-state index contributed by atoms with van der Waals surface area (Å²) in [5, 5.41) is 12.5. The van der Waals surface area contributed by atoms with Gasteiger partial charge in [-0.2, -0.15) is 5.10 Å². The predicted octanol–water partition coefficient (Wildman–Crippen LogP) is -0.873. The Labute approximate surface area is 98.4 Å². The molecule has 0 fully saturated rings. The van der Waals surface area contributed by atoms with Gasteiger partial charge in [-0.3, -0.25) is 15.3 Å². The Bertz CT molecular complexity index is 534. The molecule has 0 spiro atoms. The van der Waals surface area contributed by atoms with E-state index < -0.39 is 16.0 Å². The molecule has 17 heavy (non-hydrogen) atoms. The van der Waals surface area contributed by atoms with Crippen LogP contribution in [0.4, 0.5) is 0 Å². The minimum absolute atomic E-state index is 0.00890. The number of carbonyl (C=O) groups is 1. The normalized spacial score (nSPS) is 11.7. The zero-order chi connectivity index (χ0) is 13.2. The van der Waals surface area contributed by atoms with Crippen LogP contribution in [0, 0.1) is 13.8 Å². The Balaban J connectivity index is 3.15. The van der Waals surface area contributed by atoms with Gasteiger partial charge in [0.25, 0.3) is 10.0 Å². The van der Waals surface area contributed by atoms with Crippen molar-refractivity contribution in [1.29, 1.82) is 0 Å². The monoisotopic (exact) mass is 262 g/mol. The first-order valence-electron chi connectivity index (χ1n) is 4.77. The van der Waals surface area contributed by atoms with E-state index in [2.05, 4.69) is 5.10 Å². The molecule has 0 amide bonds. The summed E-state index contributed by atoms with van der Waals surface area (Å²) in [6.07, 6.45) is -0.127. The van der Waals surface area contributed by atoms with E-state index in [0.29, 0.717) is 5.69 Å². The zero-order valence-corrected chi connectivity index (χ0v) is 10.3. The quantitative estimate of drug-likeness (QED) is 0.467. The van der Waals surface area contributed by atoms with E-state index in [-0.39, 0.29) is 23.6 Å². The molecule has 0 aromatic carbocycles. The summed E-state index contributed by atoms with van der Waals surface area (Å²) in [4.78, 5) is 12.1. The van der Waals surface area contributed by atoms with E-state index in [0.717, 1.165) is 0 Å². The molecule has 4 N–H and O–H groups in total. The summed E-state index contributed by atoms with van der Waals surface area (Å²) in [5.41, 5.74) is 0.646. The first-order chi connectivity index (χ1) is 7.79. The molecule has 0 radical (unpaired) electrons. The number of rotatable bonds is 5. The van der Waals surface area contributed by atoms with Gasteiger partial charge in [-0.15, -0.1) is 4.83 Å². The van der Waals surface area contributed by atoms with E-state index in [4.69, 9.17) is 10.9 Å². The Kier molecular flexibility index (Phi) is 3.86. The Morgan fingerprint density at radius 1 is 1.53 bits per heavy atom. The largest absolute Gasteiger partial charge is 0.481 e. The van der Waals surface area contributed by atoms with Crippen LogP contribution in [0.1, 0.15) is 17.8 Å². The summed E-state index contributed by atoms with van der Waals surface area (Å²) >= 11 is 0. The number of aliphatic carboxylic acids is 1. The predicted molar refractivity (Wildman–Crippen MR) is 58.5 cm³/mol. The first-order valence-corrected chi connectivity index (χ1v) is 6.26. The van der Waals surface area contributed by atoms with Gasteiger partial charge in [-0.05, 0) is 13.8 Å². The highest BCUT2D eigenvalue weighted by Crippen LogP contribution is 2.18. The second-order valence-corrected chi connectivity index (χ2v) is 5.14. The molecule has 0 saturated heterocycles. The molecular formula is C8H14N4O4S. The van der Waals surface area contributed by atoms with Gasteiger partial charge >= 0.3 is 5.97 Å². The maximum atomic E-state index is 11.6. The number of sulfonamides is 1. The molecule has 0 saturated carbocycles. The molecule has 1 rings (SSSR count). The summed E-state index contributed by atoms with van der Waals surface area (Å²) in [5.74, 6) is 3.97. The lowest BCUT2D eigenvalue weighted by Gasteiger charge is -2.04. The second-order valence-electron chi connectivity index (χ2n) is 3.49. The highest BCUT2D eigenvalue weighted by Gasteiger charge is 2.23. The number of nitrogens with two attached hydrogens (primary N) is 1. The van der Waals surface area contributed by atoms with Crippen LogP contribution >= 0.6 is 0 Å². The van der Waals surface area contributed by atoms with Crippen LogP contribution in [-0.4, -0.2) is 29.3 Å². The van der Waals surface area contributed by atoms with Crippen molar-refractivity contribution in [1.82, 2.24) is 14.6 Å². The minimum atomic E-state index is -3.78. The Morgan fingerprint density at radius 2 is 2.12 bits per heavy atom. The number of aryl methyl sites for hydroxylation is 2. The molecule has 96 valence electrons. The standard InChI is InChI=1S/C8H14N4O4S/c1-5-8(17(15,16)11-9)6(2)12(10-5)4-3-7(13)14/h11H,3-4,9H2,1-2H3,(H,13,14). The SMILES string of the molecule is Cc1nn(CCC(=O)O)c(C)c1S(=O)(=O)NN. The first kappa shape index (κ1) is 13.6. The van der Waals surface area contributed by atoms with Gasteiger partial charge in [-0.1, -0.05) is 0 Å². The molecule has 1 aromatic rings. The molecule has 0 aliphatic rings. The molecule has 0 bridgehead atoms. The van der Waals surface area contributed by atoms with Gasteiger partial charge in [0, 0.05) is 0 Å². The lowest BCUT2D eigenvalue weighted by molar-refractivity contribution is -0.137. The van der Waals surface area contributed by atoms with Crippen LogP contribution in [0.2, 0.25) is 0 Å². The van der Waals surface area contributed by atoms with Crippen LogP contribution < -0.4 is 10.7 Å². The maximum Gasteiger partial charge on any atom is 0.305 e. The summed E-state index contributed by atoms with van der Waals surface area (Å²) in [6, 6.07) is 0. The average Bonchev–Trinajstić information content (AvgIpc) is 2.51. The average molecular weight is 262 g/mol. The van der Waals surface area contributed by atoms with E-state index in [1.165, 1.54) is 11.6 Å². The van der Waals surface area contributed by atoms with Gasteiger partial charge in [0.2, 0.25) is 0 Å². The Morgan fingerprint density at radius 3 is 2.59 bits per heavy atom. The lowest BCUT2D eigenvalue weighted by Crippen LogP contribution is -2.31. The number of nitrogens with one attached hydrogen (secondary N) is 1. The molecule has 0 aliphatic carbocycles. The third-order valence-corrected chi connectivity index (χ3v) is 3.72. The van der Waals surface area contributed by atoms with Crippen LogP contribution in [0.5, 0.6) is 0 Å². The number of aromatic nitrogens is 2. The van der Waals surface area contributed by atoms with E-state index in [1.807, 2.05) is 0 Å². The van der Waals surface area contributed by atoms with Gasteiger partial charge in [0.15, 0.2) is 0 Å². The van der Waals surface area contributed by atoms with Crippen molar-refractivity contribution >= 4 is 16.0 Å². The van der Waals surface area contributed by atoms with Crippen molar-refractivity contribution in [3.8, 4) is 0 Å². The van der Waals surface area contributed by atoms with Crippen LogP contribution in [0.3, 0.4) is 0 Å². The van der Waals surface area contributed by atoms with Gasteiger partial charge in [0.1, 0.15) is 4.90 Å². The zero-order valence-electron chi connectivity index (χ0n) is 9.47. The summed E-state index contributed by atoms with van der Waals surface area (Å²) in [6.45, 7) is 3.18. The highest BCUT2D eigenvalue weighted by atomic mass is 32.2. The van der Waals surface area contributed by atoms with Gasteiger partial charge in [0.05, 0.1) is 24.4 Å². The summed E-state index contributed by atoms with van der Waals surface area (Å²) < 4.78 is 24.5. The third kappa shape index (κ3) is 2.81. The van der Waals surface area contributed by atoms with Crippen molar-refractivity contribution in [2.75, 3.05) is 0 Å². The van der Waals surface area contributed by atoms with E-state index >= 15 is 0 Å². The number of nitrogens with zero attached hydrogens (tertiary/aromatic N) is 2. The fraction of sp³-hybridized carbons (Fsp3) is 0.500. The summed E-state index contributed by atoms with van der Waals surface area (Å²) in [7, 11) is -3.78. The van der Waals surface area contributed by atoms with Crippen LogP contribution in [0.25, 0.3) is 0 Å². The fourth-order valence-electron chi connectivity index (χ4n) is 1.55. The number of hydrogen-bond acceptors (Lipinski definition) is 5. The van der Waals surface area contributed by atoms with Crippen LogP contribution in [-0.2, 0) is 21.4 Å². The molecule has 9 heteroatoms. The van der Waals surface area contributed by atoms with Crippen molar-refractivity contribution < 1.29 is 18.3 Å². The lowest BCUT2D eigenvalue weighted by atomic mass is 10.4. The smallest absolute Gasteiger partial charge is 0.305 e. The van der Waals surface area contributed by atoms with Crippen molar-refractivity contribution in [3.63, 3.8) is 0 Å². The topological polar surface area (TPSA) is 127 Å². The fourth-order valence-corrected chi connectivity index (χ4v) is 2.59. The molecule has 0 atom stereocenters. The van der Waals surface area contributed by atoms with Crippen LogP contribution in [0.15, 0.2) is 4.90 Å². The maximum absolute atomic E-state index is 11.6. The van der Waals surface area contributed by atoms with Gasteiger partial charge < -0.3 is 5.11 Å². The molecule has 0 unspecified atom stereocenters. The number of hydrazine groups is 1. The number of carboxylic acids is 1. The molecule has 0 aliphatic heterocycles. The Hall–Kier alpha value is -1.45. The van der Waals surface area contributed by atoms with Crippen molar-refractivity contribution in [2.45, 2.75) is 31.7 Å². The van der Waals surface area contributed by atoms with Crippen molar-refractivity contribution in [2.24, 2.45) is 5.84 Å².